The first-order valence-electron chi connectivity index (χ1n) is 9.71. The molecule has 1 saturated heterocycles. The summed E-state index contributed by atoms with van der Waals surface area (Å²) in [7, 11) is 0.414. The van der Waals surface area contributed by atoms with Crippen molar-refractivity contribution in [2.75, 3.05) is 33.6 Å². The number of benzene rings is 2. The first kappa shape index (κ1) is 22.9. The number of rotatable bonds is 3. The third kappa shape index (κ3) is 4.08. The highest BCUT2D eigenvalue weighted by molar-refractivity contribution is 7.93. The highest BCUT2D eigenvalue weighted by Gasteiger charge is 2.38. The average Bonchev–Trinajstić information content (AvgIpc) is 2.78. The Bertz CT molecular complexity index is 1160. The maximum absolute atomic E-state index is 13.3. The summed E-state index contributed by atoms with van der Waals surface area (Å²) in [5, 5.41) is 9.92. The Labute approximate surface area is 189 Å². The molecule has 2 aliphatic heterocycles. The molecule has 0 aromatic heterocycles. The predicted molar refractivity (Wildman–Crippen MR) is 123 cm³/mol. The maximum atomic E-state index is 13.3. The molecule has 7 nitrogen and oxygen atoms in total. The molecule has 0 amide bonds. The summed E-state index contributed by atoms with van der Waals surface area (Å²) in [5.41, 5.74) is 1.09. The molecule has 2 aliphatic rings. The topological polar surface area (TPSA) is 87.3 Å². The van der Waals surface area contributed by atoms with E-state index in [0.29, 0.717) is 54.0 Å². The lowest BCUT2D eigenvalue weighted by molar-refractivity contribution is 0.268. The van der Waals surface area contributed by atoms with Gasteiger partial charge in [-0.05, 0) is 18.4 Å². The predicted octanol–water partition coefficient (Wildman–Crippen LogP) is 4.14. The number of nitriles is 1. The minimum absolute atomic E-state index is 0. The van der Waals surface area contributed by atoms with Gasteiger partial charge in [-0.15, -0.1) is 12.4 Å². The van der Waals surface area contributed by atoms with Crippen molar-refractivity contribution in [3.63, 3.8) is 0 Å². The van der Waals surface area contributed by atoms with E-state index in [9.17, 15) is 9.47 Å². The van der Waals surface area contributed by atoms with Gasteiger partial charge in [-0.2, -0.15) is 9.62 Å². The summed E-state index contributed by atoms with van der Waals surface area (Å²) >= 11 is 0. The zero-order valence-corrected chi connectivity index (χ0v) is 19.3. The second-order valence-corrected chi connectivity index (χ2v) is 9.75. The van der Waals surface area contributed by atoms with E-state index in [1.54, 1.807) is 25.5 Å². The zero-order chi connectivity index (χ0) is 21.4. The number of piperidine rings is 1. The molecule has 0 spiro atoms. The van der Waals surface area contributed by atoms with E-state index < -0.39 is 15.1 Å². The molecule has 1 unspecified atom stereocenters. The number of nitrogens with zero attached hydrogens (tertiary/aromatic N) is 4. The minimum atomic E-state index is -2.68. The zero-order valence-electron chi connectivity index (χ0n) is 17.7. The van der Waals surface area contributed by atoms with Gasteiger partial charge in [0.2, 0.25) is 5.96 Å². The molecule has 2 aromatic carbocycles. The molecule has 0 aliphatic carbocycles. The molecule has 164 valence electrons. The van der Waals surface area contributed by atoms with Crippen molar-refractivity contribution in [1.82, 2.24) is 4.90 Å². The van der Waals surface area contributed by atoms with E-state index in [-0.39, 0.29) is 12.4 Å². The SMILES string of the molecule is COc1cc2c(cc1OC)S(C)(=O)=NC(N1CCC(C#N)(c3ccccc3)CC1)=N2.Cl. The van der Waals surface area contributed by atoms with E-state index in [1.165, 1.54) is 7.11 Å². The molecule has 9 heteroatoms. The van der Waals surface area contributed by atoms with E-state index >= 15 is 0 Å². The van der Waals surface area contributed by atoms with Crippen molar-refractivity contribution < 1.29 is 13.7 Å². The van der Waals surface area contributed by atoms with Crippen molar-refractivity contribution in [3.8, 4) is 17.6 Å². The fourth-order valence-corrected chi connectivity index (χ4v) is 5.40. The van der Waals surface area contributed by atoms with Crippen LogP contribution in [0.25, 0.3) is 0 Å². The van der Waals surface area contributed by atoms with Crippen molar-refractivity contribution in [2.24, 2.45) is 9.36 Å². The van der Waals surface area contributed by atoms with Crippen LogP contribution in [0.5, 0.6) is 11.5 Å². The molecule has 31 heavy (non-hydrogen) atoms. The lowest BCUT2D eigenvalue weighted by atomic mass is 9.74. The standard InChI is InChI=1S/C22H24N4O3S.ClH/c1-28-18-13-17-20(14-19(18)29-2)30(3,27)25-21(24-17)26-11-9-22(15-23,10-12-26)16-7-5-4-6-8-16;/h4-8,13-14H,9-12H2,1-3H3;1H. The normalized spacial score (nSPS) is 21.5. The van der Waals surface area contributed by atoms with Gasteiger partial charge < -0.3 is 14.4 Å². The summed E-state index contributed by atoms with van der Waals surface area (Å²) in [4.78, 5) is 7.23. The Morgan fingerprint density at radius 1 is 1.10 bits per heavy atom. The Morgan fingerprint density at radius 2 is 1.71 bits per heavy atom. The van der Waals surface area contributed by atoms with Gasteiger partial charge in [0.15, 0.2) is 11.5 Å². The molecule has 2 aromatic rings. The van der Waals surface area contributed by atoms with Gasteiger partial charge in [0, 0.05) is 31.5 Å². The molecule has 2 heterocycles. The fraction of sp³-hybridized carbons (Fsp3) is 0.364. The molecule has 0 N–H and O–H groups in total. The van der Waals surface area contributed by atoms with Crippen molar-refractivity contribution in [3.05, 3.63) is 48.0 Å². The number of likely N-dealkylation sites (tertiary alicyclic amines) is 1. The fourth-order valence-electron chi connectivity index (χ4n) is 4.01. The number of halogens is 1. The molecule has 1 fully saturated rings. The molecule has 1 atom stereocenters. The van der Waals surface area contributed by atoms with Gasteiger partial charge in [-0.25, -0.2) is 9.20 Å². The molecule has 4 rings (SSSR count). The van der Waals surface area contributed by atoms with E-state index in [0.717, 1.165) is 5.56 Å². The Kier molecular flexibility index (Phi) is 6.48. The minimum Gasteiger partial charge on any atom is -0.493 e. The van der Waals surface area contributed by atoms with Gasteiger partial charge in [0.25, 0.3) is 0 Å². The number of hydrogen-bond acceptors (Lipinski definition) is 7. The van der Waals surface area contributed by atoms with Crippen LogP contribution in [0.2, 0.25) is 0 Å². The van der Waals surface area contributed by atoms with Gasteiger partial charge in [0.1, 0.15) is 0 Å². The Morgan fingerprint density at radius 3 is 2.29 bits per heavy atom. The largest absolute Gasteiger partial charge is 0.493 e. The van der Waals surface area contributed by atoms with Crippen molar-refractivity contribution >= 4 is 33.8 Å². The summed E-state index contributed by atoms with van der Waals surface area (Å²) < 4.78 is 28.5. The van der Waals surface area contributed by atoms with Gasteiger partial charge in [-0.3, -0.25) is 0 Å². The quantitative estimate of drug-likeness (QED) is 0.686. The molecule has 0 radical (unpaired) electrons. The number of fused-ring (bicyclic) bond motifs is 1. The lowest BCUT2D eigenvalue weighted by Crippen LogP contribution is -2.44. The highest BCUT2D eigenvalue weighted by Crippen LogP contribution is 2.41. The van der Waals surface area contributed by atoms with Crippen LogP contribution < -0.4 is 9.47 Å². The number of methoxy groups -OCH3 is 2. The Balaban J connectivity index is 0.00000272. The van der Waals surface area contributed by atoms with Gasteiger partial charge in [-0.1, -0.05) is 30.3 Å². The van der Waals surface area contributed by atoms with E-state index in [1.807, 2.05) is 35.2 Å². The van der Waals surface area contributed by atoms with Gasteiger partial charge >= 0.3 is 0 Å². The second-order valence-electron chi connectivity index (χ2n) is 7.53. The monoisotopic (exact) mass is 460 g/mol. The van der Waals surface area contributed by atoms with Crippen molar-refractivity contribution in [2.45, 2.75) is 23.2 Å². The van der Waals surface area contributed by atoms with Crippen LogP contribution in [-0.4, -0.2) is 48.6 Å². The van der Waals surface area contributed by atoms with Crippen LogP contribution in [0.3, 0.4) is 0 Å². The molecular formula is C22H25ClN4O3S. The van der Waals surface area contributed by atoms with Crippen LogP contribution in [0.1, 0.15) is 18.4 Å². The highest BCUT2D eigenvalue weighted by atomic mass is 35.5. The summed E-state index contributed by atoms with van der Waals surface area (Å²) in [6.45, 7) is 1.23. The Hall–Kier alpha value is -2.76. The van der Waals surface area contributed by atoms with E-state index in [4.69, 9.17) is 9.47 Å². The lowest BCUT2D eigenvalue weighted by Gasteiger charge is -2.38. The number of guanidine groups is 1. The summed E-state index contributed by atoms with van der Waals surface area (Å²) in [5.74, 6) is 1.48. The molecular weight excluding hydrogens is 436 g/mol. The first-order valence-corrected chi connectivity index (χ1v) is 11.6. The smallest absolute Gasteiger partial charge is 0.234 e. The van der Waals surface area contributed by atoms with Gasteiger partial charge in [0.05, 0.1) is 46.0 Å². The summed E-state index contributed by atoms with van der Waals surface area (Å²) in [6.07, 6.45) is 2.93. The summed E-state index contributed by atoms with van der Waals surface area (Å²) in [6, 6.07) is 15.9. The van der Waals surface area contributed by atoms with Crippen molar-refractivity contribution in [1.29, 1.82) is 5.26 Å². The van der Waals surface area contributed by atoms with Crippen LogP contribution in [0.4, 0.5) is 5.69 Å². The number of aliphatic imine (C=N–C) groups is 1. The van der Waals surface area contributed by atoms with E-state index in [2.05, 4.69) is 15.4 Å². The van der Waals surface area contributed by atoms with Crippen LogP contribution in [-0.2, 0) is 15.1 Å². The first-order chi connectivity index (χ1) is 14.4. The average molecular weight is 461 g/mol. The number of hydrogen-bond donors (Lipinski definition) is 0. The van der Waals surface area contributed by atoms with Crippen LogP contribution >= 0.6 is 12.4 Å². The molecule has 0 saturated carbocycles. The second kappa shape index (κ2) is 8.77. The maximum Gasteiger partial charge on any atom is 0.234 e. The third-order valence-corrected chi connectivity index (χ3v) is 7.44. The van der Waals surface area contributed by atoms with Crippen LogP contribution in [0.15, 0.2) is 56.7 Å². The third-order valence-electron chi connectivity index (χ3n) is 5.79. The number of ether oxygens (including phenoxy) is 2. The molecule has 0 bridgehead atoms. The van der Waals surface area contributed by atoms with Crippen LogP contribution in [0, 0.1) is 11.3 Å².